The van der Waals surface area contributed by atoms with Gasteiger partial charge in [-0.3, -0.25) is 9.69 Å². The van der Waals surface area contributed by atoms with Gasteiger partial charge in [-0.1, -0.05) is 12.1 Å². The Balaban J connectivity index is 1.34. The molecule has 4 aliphatic rings. The van der Waals surface area contributed by atoms with Gasteiger partial charge < -0.3 is 19.6 Å². The summed E-state index contributed by atoms with van der Waals surface area (Å²) in [5.41, 5.74) is 2.93. The van der Waals surface area contributed by atoms with Crippen LogP contribution < -0.4 is 4.90 Å². The van der Waals surface area contributed by atoms with Crippen LogP contribution in [0.1, 0.15) is 24.4 Å². The summed E-state index contributed by atoms with van der Waals surface area (Å²) >= 11 is 6.31. The fourth-order valence-electron chi connectivity index (χ4n) is 5.48. The average Bonchev–Trinajstić information content (AvgIpc) is 3.25. The average molecular weight is 537 g/mol. The highest BCUT2D eigenvalue weighted by atomic mass is 35.5. The zero-order valence-electron chi connectivity index (χ0n) is 21.1. The molecule has 1 unspecified atom stereocenters. The van der Waals surface area contributed by atoms with E-state index in [1.54, 1.807) is 12.1 Å². The lowest BCUT2D eigenvalue weighted by molar-refractivity contribution is -0.189. The molecule has 0 N–H and O–H groups in total. The summed E-state index contributed by atoms with van der Waals surface area (Å²) in [7, 11) is 3.24. The number of carbonyl (C=O) groups is 1. The topological polar surface area (TPSA) is 45.6 Å². The van der Waals surface area contributed by atoms with Gasteiger partial charge in [-0.25, -0.2) is 4.99 Å². The Labute approximate surface area is 220 Å². The first-order valence-corrected chi connectivity index (χ1v) is 13.1. The van der Waals surface area contributed by atoms with Crippen molar-refractivity contribution in [2.24, 2.45) is 4.99 Å². The summed E-state index contributed by atoms with van der Waals surface area (Å²) in [6, 6.07) is 4.37. The first-order valence-electron chi connectivity index (χ1n) is 12.6. The van der Waals surface area contributed by atoms with Crippen molar-refractivity contribution < 1.29 is 18.0 Å². The number of carbonyl (C=O) groups excluding carboxylic acids is 1. The normalized spacial score (nSPS) is 23.6. The van der Waals surface area contributed by atoms with E-state index in [1.807, 2.05) is 24.2 Å². The molecule has 1 aromatic carbocycles. The number of hydrogen-bond donors (Lipinski definition) is 0. The Morgan fingerprint density at radius 2 is 1.84 bits per heavy atom. The minimum absolute atomic E-state index is 0.0187. The molecule has 37 heavy (non-hydrogen) atoms. The number of piperazine rings is 1. The van der Waals surface area contributed by atoms with Crippen LogP contribution in [0.15, 0.2) is 52.5 Å². The molecule has 4 heterocycles. The van der Waals surface area contributed by atoms with Crippen molar-refractivity contribution in [2.45, 2.75) is 30.4 Å². The summed E-state index contributed by atoms with van der Waals surface area (Å²) in [5.74, 6) is 0.320. The maximum atomic E-state index is 14.2. The number of anilines is 1. The van der Waals surface area contributed by atoms with Gasteiger partial charge in [-0.15, -0.1) is 11.6 Å². The second kappa shape index (κ2) is 10.3. The predicted molar refractivity (Wildman–Crippen MR) is 138 cm³/mol. The first kappa shape index (κ1) is 26.1. The van der Waals surface area contributed by atoms with E-state index in [0.29, 0.717) is 19.6 Å². The van der Waals surface area contributed by atoms with Crippen LogP contribution in [0.3, 0.4) is 0 Å². The molecule has 1 amide bonds. The Bertz CT molecular complexity index is 1110. The quantitative estimate of drug-likeness (QED) is 0.538. The van der Waals surface area contributed by atoms with E-state index in [-0.39, 0.29) is 17.5 Å². The van der Waals surface area contributed by atoms with Gasteiger partial charge in [0.2, 0.25) is 5.91 Å². The number of amides is 1. The lowest BCUT2D eigenvalue weighted by atomic mass is 10.0. The summed E-state index contributed by atoms with van der Waals surface area (Å²) in [6.07, 6.45) is 0.978. The van der Waals surface area contributed by atoms with Crippen molar-refractivity contribution in [3.05, 3.63) is 53.1 Å². The van der Waals surface area contributed by atoms with Crippen LogP contribution in [0.2, 0.25) is 0 Å². The second-order valence-electron chi connectivity index (χ2n) is 10.1. The highest BCUT2D eigenvalue weighted by Gasteiger charge is 2.45. The van der Waals surface area contributed by atoms with Gasteiger partial charge in [-0.2, -0.15) is 13.2 Å². The molecule has 1 saturated heterocycles. The fourth-order valence-corrected chi connectivity index (χ4v) is 5.73. The summed E-state index contributed by atoms with van der Waals surface area (Å²) in [5, 5.41) is -0.0936. The number of allylic oxidation sites excluding steroid dienone is 2. The van der Waals surface area contributed by atoms with Crippen LogP contribution in [0.25, 0.3) is 0 Å². The van der Waals surface area contributed by atoms with E-state index in [0.717, 1.165) is 60.3 Å². The summed E-state index contributed by atoms with van der Waals surface area (Å²) in [4.78, 5) is 26.5. The van der Waals surface area contributed by atoms with Crippen molar-refractivity contribution in [3.63, 3.8) is 0 Å². The van der Waals surface area contributed by atoms with E-state index in [1.165, 1.54) is 19.2 Å². The van der Waals surface area contributed by atoms with Crippen LogP contribution >= 0.6 is 11.6 Å². The van der Waals surface area contributed by atoms with Crippen LogP contribution in [0, 0.1) is 0 Å². The molecular weight excluding hydrogens is 505 g/mol. The number of alkyl halides is 4. The largest absolute Gasteiger partial charge is 0.413 e. The molecule has 1 fully saturated rings. The molecular formula is C26H32ClF3N6O. The Morgan fingerprint density at radius 1 is 1.14 bits per heavy atom. The number of fused-ring (bicyclic) bond motifs is 2. The summed E-state index contributed by atoms with van der Waals surface area (Å²) in [6.45, 7) is 4.31. The third kappa shape index (κ3) is 5.37. The minimum Gasteiger partial charge on any atom is -0.339 e. The van der Waals surface area contributed by atoms with E-state index in [9.17, 15) is 18.0 Å². The summed E-state index contributed by atoms with van der Waals surface area (Å²) < 4.78 is 42.6. The van der Waals surface area contributed by atoms with Crippen LogP contribution in [0.4, 0.5) is 18.9 Å². The van der Waals surface area contributed by atoms with Gasteiger partial charge >= 0.3 is 6.18 Å². The van der Waals surface area contributed by atoms with Gasteiger partial charge in [0, 0.05) is 57.7 Å². The van der Waals surface area contributed by atoms with Gasteiger partial charge in [0.15, 0.2) is 6.04 Å². The van der Waals surface area contributed by atoms with Crippen molar-refractivity contribution in [3.8, 4) is 0 Å². The molecule has 0 aliphatic carbocycles. The smallest absolute Gasteiger partial charge is 0.339 e. The number of halogens is 4. The van der Waals surface area contributed by atoms with Gasteiger partial charge in [-0.05, 0) is 43.7 Å². The maximum Gasteiger partial charge on any atom is 0.413 e. The molecule has 0 spiro atoms. The Morgan fingerprint density at radius 3 is 2.51 bits per heavy atom. The minimum atomic E-state index is -4.60. The molecule has 1 aromatic rings. The lowest BCUT2D eigenvalue weighted by Crippen LogP contribution is -2.50. The molecule has 7 nitrogen and oxygen atoms in total. The molecule has 5 rings (SSSR count). The Hall–Kier alpha value is -2.56. The van der Waals surface area contributed by atoms with E-state index in [4.69, 9.17) is 11.6 Å². The third-order valence-corrected chi connectivity index (χ3v) is 7.82. The van der Waals surface area contributed by atoms with Crippen LogP contribution in [-0.4, -0.2) is 103 Å². The molecule has 0 bridgehead atoms. The fraction of sp³-hybridized carbons (Fsp3) is 0.538. The molecule has 4 aliphatic heterocycles. The number of hydrogen-bond acceptors (Lipinski definition) is 6. The predicted octanol–water partition coefficient (Wildman–Crippen LogP) is 3.66. The molecule has 200 valence electrons. The molecule has 0 saturated carbocycles. The number of rotatable bonds is 5. The van der Waals surface area contributed by atoms with Crippen molar-refractivity contribution in [1.29, 1.82) is 0 Å². The van der Waals surface area contributed by atoms with Gasteiger partial charge in [0.05, 0.1) is 23.8 Å². The number of nitrogens with zero attached hydrogens (tertiary/aromatic N) is 6. The lowest BCUT2D eigenvalue weighted by Gasteiger charge is -2.38. The first-order chi connectivity index (χ1) is 17.6. The maximum absolute atomic E-state index is 14.2. The standard InChI is InChI=1S/C26H32ClF3N6O/c1-32-10-12-34(13-11-32)17-24(37)33(2)25(26(28,29)30)18-5-7-20(8-6-18)35-9-3-4-21-22(35)15-31-23-14-19(27)16-36(21)23/h5-8,14-15,19,25H,3-4,9-13,16-17H2,1-2H3/t19?,25-/m0/s1. The molecule has 2 atom stereocenters. The van der Waals surface area contributed by atoms with Crippen molar-refractivity contribution in [2.75, 3.05) is 64.8 Å². The van der Waals surface area contributed by atoms with E-state index in [2.05, 4.69) is 19.7 Å². The Kier molecular flexibility index (Phi) is 7.26. The van der Waals surface area contributed by atoms with Crippen molar-refractivity contribution in [1.82, 2.24) is 19.6 Å². The van der Waals surface area contributed by atoms with E-state index < -0.39 is 18.1 Å². The monoisotopic (exact) mass is 536 g/mol. The van der Waals surface area contributed by atoms with Crippen LogP contribution in [0.5, 0.6) is 0 Å². The van der Waals surface area contributed by atoms with Gasteiger partial charge in [0.25, 0.3) is 0 Å². The number of aliphatic imine (C=N–C) groups is 1. The third-order valence-electron chi connectivity index (χ3n) is 7.56. The second-order valence-corrected chi connectivity index (χ2v) is 10.7. The zero-order valence-corrected chi connectivity index (χ0v) is 21.8. The SMILES string of the molecule is CN1CCN(CC(=O)N(C)[C@@H](c2ccc(N3CCCC4=C3C=NC3=CC(Cl)CN34)cc2)C(F)(F)F)CC1. The van der Waals surface area contributed by atoms with Crippen LogP contribution in [-0.2, 0) is 4.79 Å². The van der Waals surface area contributed by atoms with Crippen molar-refractivity contribution >= 4 is 29.4 Å². The molecule has 0 radical (unpaired) electrons. The number of likely N-dealkylation sites (N-methyl/N-ethyl adjacent to an activating group) is 2. The zero-order chi connectivity index (χ0) is 26.3. The number of benzene rings is 1. The highest BCUT2D eigenvalue weighted by Crippen LogP contribution is 2.40. The molecule has 0 aromatic heterocycles. The van der Waals surface area contributed by atoms with Gasteiger partial charge in [0.1, 0.15) is 5.82 Å². The van der Waals surface area contributed by atoms with E-state index >= 15 is 0 Å². The molecule has 11 heteroatoms. The highest BCUT2D eigenvalue weighted by molar-refractivity contribution is 6.22.